The Hall–Kier alpha value is -3.22. The van der Waals surface area contributed by atoms with Crippen molar-refractivity contribution in [3.05, 3.63) is 53.6 Å². The van der Waals surface area contributed by atoms with E-state index in [1.165, 1.54) is 6.92 Å². The lowest BCUT2D eigenvalue weighted by molar-refractivity contribution is -0.114. The molecule has 0 unspecified atom stereocenters. The summed E-state index contributed by atoms with van der Waals surface area (Å²) in [6, 6.07) is 13.5. The molecule has 0 saturated heterocycles. The van der Waals surface area contributed by atoms with E-state index in [0.29, 0.717) is 19.0 Å². The molecule has 3 rings (SSSR count). The van der Waals surface area contributed by atoms with Crippen LogP contribution in [0.3, 0.4) is 0 Å². The van der Waals surface area contributed by atoms with Gasteiger partial charge in [0.2, 0.25) is 12.7 Å². The van der Waals surface area contributed by atoms with Crippen molar-refractivity contribution in [2.75, 3.05) is 19.2 Å². The third kappa shape index (κ3) is 4.66. The molecule has 1 amide bonds. The van der Waals surface area contributed by atoms with E-state index in [9.17, 15) is 4.79 Å². The Labute approximate surface area is 152 Å². The first-order valence-corrected chi connectivity index (χ1v) is 8.33. The molecule has 0 spiro atoms. The first kappa shape index (κ1) is 17.6. The largest absolute Gasteiger partial charge is 0.454 e. The zero-order valence-corrected chi connectivity index (χ0v) is 14.8. The van der Waals surface area contributed by atoms with Gasteiger partial charge in [-0.2, -0.15) is 0 Å². The van der Waals surface area contributed by atoms with Gasteiger partial charge in [-0.05, 0) is 35.4 Å². The molecule has 1 heterocycles. The first-order valence-electron chi connectivity index (χ1n) is 8.33. The van der Waals surface area contributed by atoms with Crippen molar-refractivity contribution in [2.24, 2.45) is 4.99 Å². The van der Waals surface area contributed by atoms with Gasteiger partial charge < -0.3 is 25.4 Å². The van der Waals surface area contributed by atoms with Crippen molar-refractivity contribution in [3.8, 4) is 11.5 Å². The summed E-state index contributed by atoms with van der Waals surface area (Å²) in [5, 5.41) is 9.31. The number of anilines is 1. The van der Waals surface area contributed by atoms with Crippen LogP contribution in [0.1, 0.15) is 18.1 Å². The van der Waals surface area contributed by atoms with Crippen LogP contribution in [0.4, 0.5) is 5.69 Å². The molecule has 1 aliphatic heterocycles. The average molecular weight is 354 g/mol. The van der Waals surface area contributed by atoms with Crippen LogP contribution in [-0.4, -0.2) is 25.7 Å². The van der Waals surface area contributed by atoms with Crippen LogP contribution < -0.4 is 25.4 Å². The van der Waals surface area contributed by atoms with Gasteiger partial charge in [-0.1, -0.05) is 18.2 Å². The van der Waals surface area contributed by atoms with Crippen molar-refractivity contribution in [1.82, 2.24) is 10.6 Å². The molecule has 0 radical (unpaired) electrons. The fourth-order valence-corrected chi connectivity index (χ4v) is 2.61. The number of fused-ring (bicyclic) bond motifs is 1. The second-order valence-corrected chi connectivity index (χ2v) is 5.85. The fraction of sp³-hybridized carbons (Fsp3) is 0.263. The first-order chi connectivity index (χ1) is 12.6. The van der Waals surface area contributed by atoms with Gasteiger partial charge in [0.05, 0.1) is 0 Å². The van der Waals surface area contributed by atoms with Crippen LogP contribution in [0.5, 0.6) is 11.5 Å². The Morgan fingerprint density at radius 3 is 2.50 bits per heavy atom. The standard InChI is InChI=1S/C19H22N4O3/c1-13(24)23-16-5-3-4-14(8-16)10-21-19(20-2)22-11-15-6-7-17-18(9-15)26-12-25-17/h3-9H,10-12H2,1-2H3,(H,23,24)(H2,20,21,22). The summed E-state index contributed by atoms with van der Waals surface area (Å²) in [7, 11) is 1.72. The Balaban J connectivity index is 1.53. The van der Waals surface area contributed by atoms with E-state index in [0.717, 1.165) is 28.3 Å². The number of ether oxygens (including phenoxy) is 2. The number of carbonyl (C=O) groups excluding carboxylic acids is 1. The van der Waals surface area contributed by atoms with Crippen LogP contribution in [0.2, 0.25) is 0 Å². The second kappa shape index (κ2) is 8.24. The zero-order valence-electron chi connectivity index (χ0n) is 14.8. The van der Waals surface area contributed by atoms with E-state index in [-0.39, 0.29) is 12.7 Å². The van der Waals surface area contributed by atoms with Gasteiger partial charge in [-0.25, -0.2) is 0 Å². The zero-order chi connectivity index (χ0) is 18.4. The van der Waals surface area contributed by atoms with Gasteiger partial charge in [-0.3, -0.25) is 9.79 Å². The number of guanidine groups is 1. The topological polar surface area (TPSA) is 84.0 Å². The Morgan fingerprint density at radius 1 is 1.04 bits per heavy atom. The molecule has 2 aromatic rings. The number of rotatable bonds is 5. The minimum absolute atomic E-state index is 0.0867. The molecule has 1 aliphatic rings. The summed E-state index contributed by atoms with van der Waals surface area (Å²) >= 11 is 0. The van der Waals surface area contributed by atoms with Crippen molar-refractivity contribution >= 4 is 17.6 Å². The summed E-state index contributed by atoms with van der Waals surface area (Å²) < 4.78 is 10.7. The van der Waals surface area contributed by atoms with E-state index in [4.69, 9.17) is 9.47 Å². The Bertz CT molecular complexity index is 820. The average Bonchev–Trinajstić information content (AvgIpc) is 3.09. The number of carbonyl (C=O) groups is 1. The maximum atomic E-state index is 11.2. The highest BCUT2D eigenvalue weighted by Gasteiger charge is 2.13. The number of amides is 1. The molecule has 0 atom stereocenters. The van der Waals surface area contributed by atoms with E-state index in [1.807, 2.05) is 42.5 Å². The number of benzene rings is 2. The highest BCUT2D eigenvalue weighted by atomic mass is 16.7. The molecular formula is C19H22N4O3. The molecule has 0 saturated carbocycles. The molecular weight excluding hydrogens is 332 g/mol. The summed E-state index contributed by atoms with van der Waals surface area (Å²) in [5.41, 5.74) is 2.90. The Morgan fingerprint density at radius 2 is 1.77 bits per heavy atom. The maximum absolute atomic E-state index is 11.2. The molecule has 2 aromatic carbocycles. The predicted molar refractivity (Wildman–Crippen MR) is 100 cm³/mol. The number of nitrogens with one attached hydrogen (secondary N) is 3. The number of nitrogens with zero attached hydrogens (tertiary/aromatic N) is 1. The van der Waals surface area contributed by atoms with Gasteiger partial charge >= 0.3 is 0 Å². The quantitative estimate of drug-likeness (QED) is 0.566. The molecule has 26 heavy (non-hydrogen) atoms. The van der Waals surface area contributed by atoms with Crippen LogP contribution in [0.15, 0.2) is 47.5 Å². The molecule has 136 valence electrons. The highest BCUT2D eigenvalue weighted by molar-refractivity contribution is 5.88. The smallest absolute Gasteiger partial charge is 0.231 e. The lowest BCUT2D eigenvalue weighted by Gasteiger charge is -2.13. The molecule has 0 fully saturated rings. The normalized spacial score (nSPS) is 12.6. The van der Waals surface area contributed by atoms with Crippen molar-refractivity contribution < 1.29 is 14.3 Å². The predicted octanol–water partition coefficient (Wildman–Crippen LogP) is 2.24. The molecule has 3 N–H and O–H groups in total. The van der Waals surface area contributed by atoms with Gasteiger partial charge in [0.25, 0.3) is 0 Å². The van der Waals surface area contributed by atoms with E-state index >= 15 is 0 Å². The SMILES string of the molecule is CN=C(NCc1cccc(NC(C)=O)c1)NCc1ccc2c(c1)OCO2. The lowest BCUT2D eigenvalue weighted by Crippen LogP contribution is -2.36. The summed E-state index contributed by atoms with van der Waals surface area (Å²) in [6.07, 6.45) is 0. The van der Waals surface area contributed by atoms with Crippen molar-refractivity contribution in [1.29, 1.82) is 0 Å². The van der Waals surface area contributed by atoms with Gasteiger partial charge in [-0.15, -0.1) is 0 Å². The van der Waals surface area contributed by atoms with Crippen LogP contribution in [0.25, 0.3) is 0 Å². The minimum Gasteiger partial charge on any atom is -0.454 e. The highest BCUT2D eigenvalue weighted by Crippen LogP contribution is 2.32. The molecule has 0 aliphatic carbocycles. The number of hydrogen-bond donors (Lipinski definition) is 3. The Kier molecular flexibility index (Phi) is 5.58. The summed E-state index contributed by atoms with van der Waals surface area (Å²) in [5.74, 6) is 2.14. The second-order valence-electron chi connectivity index (χ2n) is 5.85. The minimum atomic E-state index is -0.0867. The molecule has 7 heteroatoms. The summed E-state index contributed by atoms with van der Waals surface area (Å²) in [6.45, 7) is 2.97. The number of hydrogen-bond acceptors (Lipinski definition) is 4. The third-order valence-electron chi connectivity index (χ3n) is 3.83. The van der Waals surface area contributed by atoms with Gasteiger partial charge in [0, 0.05) is 32.7 Å². The third-order valence-corrected chi connectivity index (χ3v) is 3.83. The molecule has 7 nitrogen and oxygen atoms in total. The van der Waals surface area contributed by atoms with E-state index in [2.05, 4.69) is 20.9 Å². The van der Waals surface area contributed by atoms with Crippen molar-refractivity contribution in [3.63, 3.8) is 0 Å². The maximum Gasteiger partial charge on any atom is 0.231 e. The van der Waals surface area contributed by atoms with Crippen LogP contribution in [-0.2, 0) is 17.9 Å². The summed E-state index contributed by atoms with van der Waals surface area (Å²) in [4.78, 5) is 15.4. The lowest BCUT2D eigenvalue weighted by atomic mass is 10.2. The van der Waals surface area contributed by atoms with Crippen molar-refractivity contribution in [2.45, 2.75) is 20.0 Å². The van der Waals surface area contributed by atoms with Crippen LogP contribution >= 0.6 is 0 Å². The van der Waals surface area contributed by atoms with Gasteiger partial charge in [0.15, 0.2) is 17.5 Å². The monoisotopic (exact) mass is 354 g/mol. The van der Waals surface area contributed by atoms with E-state index in [1.54, 1.807) is 7.05 Å². The molecule has 0 bridgehead atoms. The van der Waals surface area contributed by atoms with Gasteiger partial charge in [0.1, 0.15) is 0 Å². The molecule has 0 aromatic heterocycles. The number of aliphatic imine (C=N–C) groups is 1. The van der Waals surface area contributed by atoms with Crippen LogP contribution in [0, 0.1) is 0 Å². The van der Waals surface area contributed by atoms with E-state index < -0.39 is 0 Å². The fourth-order valence-electron chi connectivity index (χ4n) is 2.61.